The van der Waals surface area contributed by atoms with Crippen LogP contribution in [0.4, 0.5) is 0 Å². The molecule has 0 spiro atoms. The summed E-state index contributed by atoms with van der Waals surface area (Å²) in [6.07, 6.45) is 7.45. The molecule has 1 aliphatic carbocycles. The van der Waals surface area contributed by atoms with E-state index in [1.807, 2.05) is 0 Å². The predicted octanol–water partition coefficient (Wildman–Crippen LogP) is 2.86. The van der Waals surface area contributed by atoms with Gasteiger partial charge in [0.15, 0.2) is 6.29 Å². The van der Waals surface area contributed by atoms with Gasteiger partial charge in [0.1, 0.15) is 0 Å². The highest BCUT2D eigenvalue weighted by atomic mass is 16.7. The molecule has 0 N–H and O–H groups in total. The van der Waals surface area contributed by atoms with E-state index in [9.17, 15) is 0 Å². The Morgan fingerprint density at radius 3 is 2.33 bits per heavy atom. The van der Waals surface area contributed by atoms with Gasteiger partial charge in [0.25, 0.3) is 0 Å². The zero-order valence-electron chi connectivity index (χ0n) is 9.79. The van der Waals surface area contributed by atoms with Gasteiger partial charge in [-0.25, -0.2) is 0 Å². The van der Waals surface area contributed by atoms with Crippen molar-refractivity contribution in [2.24, 2.45) is 5.41 Å². The predicted molar refractivity (Wildman–Crippen MR) is 58.2 cm³/mol. The number of hydrogen-bond acceptors (Lipinski definition) is 3. The molecule has 1 fully saturated rings. The van der Waals surface area contributed by atoms with Crippen molar-refractivity contribution in [2.45, 2.75) is 51.2 Å². The minimum atomic E-state index is -0.110. The minimum Gasteiger partial charge on any atom is -0.356 e. The van der Waals surface area contributed by atoms with Crippen LogP contribution in [0.1, 0.15) is 44.9 Å². The van der Waals surface area contributed by atoms with Gasteiger partial charge >= 0.3 is 0 Å². The molecule has 3 heteroatoms. The Balaban J connectivity index is 2.42. The second-order valence-corrected chi connectivity index (χ2v) is 4.48. The van der Waals surface area contributed by atoms with E-state index < -0.39 is 0 Å². The topological polar surface area (TPSA) is 42.2 Å². The smallest absolute Gasteiger partial charge is 0.156 e. The summed E-state index contributed by atoms with van der Waals surface area (Å²) in [4.78, 5) is 0. The van der Waals surface area contributed by atoms with Crippen LogP contribution < -0.4 is 0 Å². The van der Waals surface area contributed by atoms with Gasteiger partial charge in [-0.15, -0.1) is 0 Å². The highest BCUT2D eigenvalue weighted by molar-refractivity contribution is 4.92. The van der Waals surface area contributed by atoms with E-state index in [1.54, 1.807) is 14.2 Å². The summed E-state index contributed by atoms with van der Waals surface area (Å²) in [5.41, 5.74) is 0.254. The van der Waals surface area contributed by atoms with Gasteiger partial charge in [-0.3, -0.25) is 0 Å². The third kappa shape index (κ3) is 3.48. The Kier molecular flexibility index (Phi) is 5.07. The lowest BCUT2D eigenvalue weighted by Gasteiger charge is -2.27. The normalized spacial score (nSPS) is 19.3. The molecule has 1 rings (SSSR count). The molecule has 3 nitrogen and oxygen atoms in total. The number of ether oxygens (including phenoxy) is 2. The zero-order valence-corrected chi connectivity index (χ0v) is 9.79. The van der Waals surface area contributed by atoms with E-state index in [0.29, 0.717) is 6.42 Å². The molecule has 0 aromatic heterocycles. The van der Waals surface area contributed by atoms with Crippen LogP contribution >= 0.6 is 0 Å². The maximum absolute atomic E-state index is 8.86. The van der Waals surface area contributed by atoms with Crippen molar-refractivity contribution in [3.05, 3.63) is 0 Å². The SMILES string of the molecule is COC(CCC1(CC#N)CCCC1)OC. The Bertz CT molecular complexity index is 212. The van der Waals surface area contributed by atoms with Gasteiger partial charge in [-0.05, 0) is 31.1 Å². The molecule has 0 aromatic carbocycles. The largest absolute Gasteiger partial charge is 0.356 e. The Morgan fingerprint density at radius 1 is 1.27 bits per heavy atom. The van der Waals surface area contributed by atoms with Gasteiger partial charge in [0.05, 0.1) is 6.07 Å². The van der Waals surface area contributed by atoms with Crippen molar-refractivity contribution in [3.8, 4) is 6.07 Å². The van der Waals surface area contributed by atoms with Crippen molar-refractivity contribution in [1.29, 1.82) is 5.26 Å². The molecule has 86 valence electrons. The molecule has 0 aliphatic heterocycles. The first-order valence-corrected chi connectivity index (χ1v) is 5.69. The summed E-state index contributed by atoms with van der Waals surface area (Å²) in [7, 11) is 3.33. The summed E-state index contributed by atoms with van der Waals surface area (Å²) in [5.74, 6) is 0. The Labute approximate surface area is 92.4 Å². The van der Waals surface area contributed by atoms with Crippen molar-refractivity contribution in [1.82, 2.24) is 0 Å². The quantitative estimate of drug-likeness (QED) is 0.634. The number of nitriles is 1. The number of rotatable bonds is 6. The summed E-state index contributed by atoms with van der Waals surface area (Å²) in [5, 5.41) is 8.86. The highest BCUT2D eigenvalue weighted by Gasteiger charge is 2.33. The number of hydrogen-bond donors (Lipinski definition) is 0. The summed E-state index contributed by atoms with van der Waals surface area (Å²) in [6, 6.07) is 2.33. The molecule has 0 radical (unpaired) electrons. The van der Waals surface area contributed by atoms with Crippen LogP contribution in [-0.2, 0) is 9.47 Å². The molecule has 1 saturated carbocycles. The van der Waals surface area contributed by atoms with Crippen LogP contribution in [0, 0.1) is 16.7 Å². The molecule has 0 saturated heterocycles. The van der Waals surface area contributed by atoms with E-state index in [0.717, 1.165) is 12.8 Å². The van der Waals surface area contributed by atoms with Crippen molar-refractivity contribution in [3.63, 3.8) is 0 Å². The average Bonchev–Trinajstić information content (AvgIpc) is 2.69. The lowest BCUT2D eigenvalue weighted by molar-refractivity contribution is -0.111. The monoisotopic (exact) mass is 211 g/mol. The van der Waals surface area contributed by atoms with Crippen LogP contribution in [0.5, 0.6) is 0 Å². The van der Waals surface area contributed by atoms with Crippen LogP contribution in [-0.4, -0.2) is 20.5 Å². The molecule has 0 heterocycles. The molecule has 0 atom stereocenters. The van der Waals surface area contributed by atoms with Crippen molar-refractivity contribution in [2.75, 3.05) is 14.2 Å². The number of methoxy groups -OCH3 is 2. The minimum absolute atomic E-state index is 0.110. The molecular weight excluding hydrogens is 190 g/mol. The van der Waals surface area contributed by atoms with Gasteiger partial charge < -0.3 is 9.47 Å². The van der Waals surface area contributed by atoms with Crippen LogP contribution in [0.3, 0.4) is 0 Å². The molecular formula is C12H21NO2. The fourth-order valence-corrected chi connectivity index (χ4v) is 2.56. The van der Waals surface area contributed by atoms with E-state index in [4.69, 9.17) is 14.7 Å². The maximum Gasteiger partial charge on any atom is 0.156 e. The first-order chi connectivity index (χ1) is 7.26. The second kappa shape index (κ2) is 6.09. The van der Waals surface area contributed by atoms with E-state index >= 15 is 0 Å². The Hall–Kier alpha value is -0.590. The van der Waals surface area contributed by atoms with Crippen LogP contribution in [0.2, 0.25) is 0 Å². The number of nitrogens with zero attached hydrogens (tertiary/aromatic N) is 1. The van der Waals surface area contributed by atoms with Crippen LogP contribution in [0.25, 0.3) is 0 Å². The summed E-state index contributed by atoms with van der Waals surface area (Å²) in [6.45, 7) is 0. The average molecular weight is 211 g/mol. The summed E-state index contributed by atoms with van der Waals surface area (Å²) >= 11 is 0. The second-order valence-electron chi connectivity index (χ2n) is 4.48. The lowest BCUT2D eigenvalue weighted by atomic mass is 9.79. The molecule has 0 bridgehead atoms. The van der Waals surface area contributed by atoms with Crippen molar-refractivity contribution < 1.29 is 9.47 Å². The maximum atomic E-state index is 8.86. The first-order valence-electron chi connectivity index (χ1n) is 5.69. The fourth-order valence-electron chi connectivity index (χ4n) is 2.56. The van der Waals surface area contributed by atoms with Gasteiger partial charge in [0.2, 0.25) is 0 Å². The van der Waals surface area contributed by atoms with Gasteiger partial charge in [-0.2, -0.15) is 5.26 Å². The molecule has 15 heavy (non-hydrogen) atoms. The molecule has 0 amide bonds. The molecule has 0 aromatic rings. The first kappa shape index (κ1) is 12.5. The lowest BCUT2D eigenvalue weighted by Crippen LogP contribution is -2.21. The fraction of sp³-hybridized carbons (Fsp3) is 0.917. The van der Waals surface area contributed by atoms with Gasteiger partial charge in [0, 0.05) is 20.6 Å². The van der Waals surface area contributed by atoms with Crippen LogP contribution in [0.15, 0.2) is 0 Å². The van der Waals surface area contributed by atoms with Gasteiger partial charge in [-0.1, -0.05) is 12.8 Å². The standard InChI is InChI=1S/C12H21NO2/c1-14-11(15-2)5-8-12(9-10-13)6-3-4-7-12/h11H,3-9H2,1-2H3. The Morgan fingerprint density at radius 2 is 1.87 bits per heavy atom. The third-order valence-corrected chi connectivity index (χ3v) is 3.55. The van der Waals surface area contributed by atoms with E-state index in [2.05, 4.69) is 6.07 Å². The van der Waals surface area contributed by atoms with E-state index in [-0.39, 0.29) is 11.7 Å². The third-order valence-electron chi connectivity index (χ3n) is 3.55. The highest BCUT2D eigenvalue weighted by Crippen LogP contribution is 2.44. The van der Waals surface area contributed by atoms with Crippen molar-refractivity contribution >= 4 is 0 Å². The molecule has 1 aliphatic rings. The molecule has 0 unspecified atom stereocenters. The zero-order chi connectivity index (χ0) is 11.1. The van der Waals surface area contributed by atoms with E-state index in [1.165, 1.54) is 25.7 Å². The summed E-state index contributed by atoms with van der Waals surface area (Å²) < 4.78 is 10.4.